The second kappa shape index (κ2) is 8.93. The van der Waals surface area contributed by atoms with Crippen LogP contribution in [0.3, 0.4) is 0 Å². The number of morpholine rings is 1. The number of aromatic nitrogens is 3. The number of carbonyl (C=O) groups excluding carboxylic acids is 1. The molecule has 1 amide bonds. The fourth-order valence-corrected chi connectivity index (χ4v) is 3.31. The minimum absolute atomic E-state index is 0.121. The summed E-state index contributed by atoms with van der Waals surface area (Å²) in [6, 6.07) is 11.1. The first kappa shape index (κ1) is 19.2. The van der Waals surface area contributed by atoms with Crippen molar-refractivity contribution in [3.8, 4) is 5.75 Å². The van der Waals surface area contributed by atoms with Gasteiger partial charge in [0.2, 0.25) is 5.13 Å². The predicted molar refractivity (Wildman–Crippen MR) is 105 cm³/mol. The predicted octanol–water partition coefficient (Wildman–Crippen LogP) is 2.79. The van der Waals surface area contributed by atoms with E-state index in [1.54, 1.807) is 10.4 Å². The molecule has 10 heteroatoms. The average Bonchev–Trinajstić information content (AvgIpc) is 3.26. The number of hydrogen-bond acceptors (Lipinski definition) is 8. The Bertz CT molecular complexity index is 955. The van der Waals surface area contributed by atoms with E-state index in [4.69, 9.17) is 9.47 Å². The van der Waals surface area contributed by atoms with Crippen molar-refractivity contribution in [2.24, 2.45) is 0 Å². The summed E-state index contributed by atoms with van der Waals surface area (Å²) in [5.74, 6) is 0.563. The number of nitrogens with zero attached hydrogens (tertiary/aromatic N) is 4. The molecule has 150 valence electrons. The summed E-state index contributed by atoms with van der Waals surface area (Å²) < 4.78 is 24.2. The van der Waals surface area contributed by atoms with E-state index in [0.29, 0.717) is 36.4 Å². The van der Waals surface area contributed by atoms with Gasteiger partial charge in [0.05, 0.1) is 18.8 Å². The first-order valence-corrected chi connectivity index (χ1v) is 9.83. The highest BCUT2D eigenvalue weighted by Gasteiger charge is 2.26. The monoisotopic (exact) mass is 415 g/mol. The average molecular weight is 415 g/mol. The van der Waals surface area contributed by atoms with E-state index in [1.807, 2.05) is 18.2 Å². The largest absolute Gasteiger partial charge is 0.484 e. The molecular weight excluding hydrogens is 397 g/mol. The second-order valence-electron chi connectivity index (χ2n) is 6.26. The van der Waals surface area contributed by atoms with Crippen LogP contribution < -0.4 is 10.1 Å². The zero-order chi connectivity index (χ0) is 20.1. The summed E-state index contributed by atoms with van der Waals surface area (Å²) in [6.07, 6.45) is -0.338. The van der Waals surface area contributed by atoms with E-state index in [0.717, 1.165) is 5.69 Å². The summed E-state index contributed by atoms with van der Waals surface area (Å²) in [5.41, 5.74) is 2.35. The molecule has 1 saturated heterocycles. The Morgan fingerprint density at radius 1 is 1.31 bits per heavy atom. The van der Waals surface area contributed by atoms with Gasteiger partial charge in [0, 0.05) is 6.54 Å². The number of pyridine rings is 1. The summed E-state index contributed by atoms with van der Waals surface area (Å²) in [4.78, 5) is 18.8. The van der Waals surface area contributed by atoms with Crippen molar-refractivity contribution in [1.29, 1.82) is 0 Å². The van der Waals surface area contributed by atoms with Crippen LogP contribution in [0.4, 0.5) is 15.3 Å². The van der Waals surface area contributed by atoms with Crippen molar-refractivity contribution >= 4 is 28.2 Å². The Balaban J connectivity index is 1.36. The molecule has 4 rings (SSSR count). The molecule has 1 aliphatic heterocycles. The van der Waals surface area contributed by atoms with E-state index in [1.165, 1.54) is 35.6 Å². The molecule has 1 N–H and O–H groups in total. The van der Waals surface area contributed by atoms with Crippen LogP contribution in [0.5, 0.6) is 5.75 Å². The molecule has 1 aromatic carbocycles. The van der Waals surface area contributed by atoms with E-state index in [2.05, 4.69) is 20.5 Å². The van der Waals surface area contributed by atoms with Gasteiger partial charge >= 0.3 is 0 Å². The van der Waals surface area contributed by atoms with E-state index < -0.39 is 0 Å². The Morgan fingerprint density at radius 3 is 2.97 bits per heavy atom. The summed E-state index contributed by atoms with van der Waals surface area (Å²) in [5, 5.41) is 11.5. The number of hydrogen-bond donors (Lipinski definition) is 1. The maximum atomic E-state index is 13.0. The van der Waals surface area contributed by atoms with Gasteiger partial charge in [-0.05, 0) is 36.4 Å². The van der Waals surface area contributed by atoms with Gasteiger partial charge in [-0.2, -0.15) is 0 Å². The molecule has 1 aliphatic rings. The molecule has 3 heterocycles. The third-order valence-corrected chi connectivity index (χ3v) is 4.90. The van der Waals surface area contributed by atoms with Crippen LogP contribution in [0.15, 0.2) is 48.0 Å². The van der Waals surface area contributed by atoms with Gasteiger partial charge in [0.15, 0.2) is 6.61 Å². The van der Waals surface area contributed by atoms with Crippen LogP contribution in [0.2, 0.25) is 0 Å². The smallest absolute Gasteiger partial charge is 0.260 e. The van der Waals surface area contributed by atoms with Gasteiger partial charge in [0.1, 0.15) is 29.0 Å². The van der Waals surface area contributed by atoms with Crippen molar-refractivity contribution in [3.63, 3.8) is 0 Å². The lowest BCUT2D eigenvalue weighted by molar-refractivity contribution is -0.141. The highest BCUT2D eigenvalue weighted by atomic mass is 32.1. The number of anilines is 2. The van der Waals surface area contributed by atoms with Gasteiger partial charge in [-0.15, -0.1) is 10.2 Å². The molecular formula is C19H18FN5O3S. The summed E-state index contributed by atoms with van der Waals surface area (Å²) in [6.45, 7) is 1.14. The quantitative estimate of drug-likeness (QED) is 0.662. The van der Waals surface area contributed by atoms with Crippen molar-refractivity contribution in [2.75, 3.05) is 31.6 Å². The standard InChI is InChI=1S/C19H18FN5O3S/c20-13-4-6-14(7-5-13)28-11-18(26)25-8-9-27-16(10-25)15-2-1-3-17(22-15)23-19-24-21-12-29-19/h1-7,12,16H,8-11H2,(H,22,23,24)/t16-/m0/s1. The normalized spacial score (nSPS) is 16.4. The Kier molecular flexibility index (Phi) is 5.92. The van der Waals surface area contributed by atoms with Gasteiger partial charge < -0.3 is 19.7 Å². The summed E-state index contributed by atoms with van der Waals surface area (Å²) in [7, 11) is 0. The number of rotatable bonds is 6. The molecule has 29 heavy (non-hydrogen) atoms. The SMILES string of the molecule is O=C(COc1ccc(F)cc1)N1CCO[C@H](c2cccc(Nc3nncs3)n2)C1. The van der Waals surface area contributed by atoms with Gasteiger partial charge in [-0.1, -0.05) is 17.4 Å². The molecule has 0 radical (unpaired) electrons. The maximum Gasteiger partial charge on any atom is 0.260 e. The highest BCUT2D eigenvalue weighted by Crippen LogP contribution is 2.23. The van der Waals surface area contributed by atoms with Crippen LogP contribution >= 0.6 is 11.3 Å². The number of carbonyl (C=O) groups is 1. The van der Waals surface area contributed by atoms with Crippen LogP contribution in [-0.2, 0) is 9.53 Å². The fraction of sp³-hybridized carbons (Fsp3) is 0.263. The molecule has 0 bridgehead atoms. The number of amides is 1. The third-order valence-electron chi connectivity index (χ3n) is 4.29. The van der Waals surface area contributed by atoms with E-state index >= 15 is 0 Å². The Hall–Kier alpha value is -3.11. The van der Waals surface area contributed by atoms with Crippen LogP contribution in [0.25, 0.3) is 0 Å². The van der Waals surface area contributed by atoms with Crippen molar-refractivity contribution < 1.29 is 18.7 Å². The van der Waals surface area contributed by atoms with Gasteiger partial charge in [-0.25, -0.2) is 9.37 Å². The number of benzene rings is 1. The van der Waals surface area contributed by atoms with E-state index in [-0.39, 0.29) is 24.4 Å². The fourth-order valence-electron chi connectivity index (χ4n) is 2.86. The number of nitrogens with one attached hydrogen (secondary N) is 1. The Labute approximate surface area is 170 Å². The lowest BCUT2D eigenvalue weighted by Crippen LogP contribution is -2.44. The molecule has 1 atom stereocenters. The van der Waals surface area contributed by atoms with Crippen molar-refractivity contribution in [2.45, 2.75) is 6.10 Å². The maximum absolute atomic E-state index is 13.0. The number of halogens is 1. The molecule has 1 fully saturated rings. The van der Waals surface area contributed by atoms with Gasteiger partial charge in [-0.3, -0.25) is 4.79 Å². The van der Waals surface area contributed by atoms with Crippen molar-refractivity contribution in [1.82, 2.24) is 20.1 Å². The minimum Gasteiger partial charge on any atom is -0.484 e. The van der Waals surface area contributed by atoms with E-state index in [9.17, 15) is 9.18 Å². The molecule has 2 aromatic heterocycles. The molecule has 0 saturated carbocycles. The molecule has 8 nitrogen and oxygen atoms in total. The third kappa shape index (κ3) is 5.04. The van der Waals surface area contributed by atoms with Crippen LogP contribution in [-0.4, -0.2) is 52.3 Å². The van der Waals surface area contributed by atoms with Gasteiger partial charge in [0.25, 0.3) is 5.91 Å². The molecule has 0 aliphatic carbocycles. The first-order chi connectivity index (χ1) is 14.2. The van der Waals surface area contributed by atoms with Crippen LogP contribution in [0.1, 0.15) is 11.8 Å². The highest BCUT2D eigenvalue weighted by molar-refractivity contribution is 7.13. The molecule has 0 unspecified atom stereocenters. The zero-order valence-electron chi connectivity index (χ0n) is 15.3. The summed E-state index contributed by atoms with van der Waals surface area (Å²) >= 11 is 1.38. The molecule has 0 spiro atoms. The van der Waals surface area contributed by atoms with Crippen LogP contribution in [0, 0.1) is 5.82 Å². The lowest BCUT2D eigenvalue weighted by Gasteiger charge is -2.32. The van der Waals surface area contributed by atoms with Crippen molar-refractivity contribution in [3.05, 3.63) is 59.5 Å². The number of ether oxygens (including phenoxy) is 2. The molecule has 3 aromatic rings. The second-order valence-corrected chi connectivity index (χ2v) is 7.09. The zero-order valence-corrected chi connectivity index (χ0v) is 16.1. The first-order valence-electron chi connectivity index (χ1n) is 8.95. The lowest BCUT2D eigenvalue weighted by atomic mass is 10.2. The Morgan fingerprint density at radius 2 is 2.17 bits per heavy atom. The topological polar surface area (TPSA) is 89.5 Å². The minimum atomic E-state index is -0.352.